The summed E-state index contributed by atoms with van der Waals surface area (Å²) in [6.07, 6.45) is 6.29. The normalized spacial score (nSPS) is 17.1. The Morgan fingerprint density at radius 1 is 1.26 bits per heavy atom. The van der Waals surface area contributed by atoms with Crippen LogP contribution in [-0.4, -0.2) is 66.2 Å². The molecular formula is C19H31N5O3. The lowest BCUT2D eigenvalue weighted by molar-refractivity contribution is 0.0593. The van der Waals surface area contributed by atoms with Crippen molar-refractivity contribution in [1.29, 1.82) is 0 Å². The molecule has 8 heteroatoms. The third-order valence-electron chi connectivity index (χ3n) is 4.86. The topological polar surface area (TPSA) is 87.7 Å². The van der Waals surface area contributed by atoms with Crippen molar-refractivity contribution in [3.63, 3.8) is 0 Å². The van der Waals surface area contributed by atoms with Crippen LogP contribution in [0.4, 0.5) is 10.6 Å². The van der Waals surface area contributed by atoms with Crippen LogP contribution in [0.2, 0.25) is 0 Å². The summed E-state index contributed by atoms with van der Waals surface area (Å²) in [5.41, 5.74) is 0.187. The number of nitrogens with one attached hydrogen (secondary N) is 1. The van der Waals surface area contributed by atoms with Crippen molar-refractivity contribution in [2.24, 2.45) is 5.92 Å². The highest BCUT2D eigenvalue weighted by Gasteiger charge is 2.33. The van der Waals surface area contributed by atoms with Crippen LogP contribution in [0.15, 0.2) is 12.4 Å². The highest BCUT2D eigenvalue weighted by Crippen LogP contribution is 2.21. The molecule has 27 heavy (non-hydrogen) atoms. The van der Waals surface area contributed by atoms with E-state index in [1.165, 1.54) is 13.3 Å². The average Bonchev–Trinajstić information content (AvgIpc) is 2.70. The van der Waals surface area contributed by atoms with Crippen LogP contribution in [0.25, 0.3) is 0 Å². The molecule has 1 fully saturated rings. The lowest BCUT2D eigenvalue weighted by atomic mass is 10.00. The molecule has 0 bridgehead atoms. The van der Waals surface area contributed by atoms with Gasteiger partial charge in [-0.15, -0.1) is 0 Å². The lowest BCUT2D eigenvalue weighted by Gasteiger charge is -2.43. The van der Waals surface area contributed by atoms with Gasteiger partial charge in [-0.05, 0) is 12.3 Å². The third-order valence-corrected chi connectivity index (χ3v) is 4.86. The molecule has 150 valence electrons. The standard InChI is InChI=1S/C19H31N5O3/c1-5-6-7-8-20-19(26)24-10-9-23(13-16(24)14(2)3)17-12-21-15(11-22-17)18(25)27-4/h11-12,14,16H,5-10,13H2,1-4H3,(H,20,26). The van der Waals surface area contributed by atoms with Crippen molar-refractivity contribution in [3.05, 3.63) is 18.1 Å². The fourth-order valence-electron chi connectivity index (χ4n) is 3.21. The minimum absolute atomic E-state index is 0.0107. The Morgan fingerprint density at radius 2 is 2.04 bits per heavy atom. The number of urea groups is 1. The number of ether oxygens (including phenoxy) is 1. The first-order valence-electron chi connectivity index (χ1n) is 9.67. The summed E-state index contributed by atoms with van der Waals surface area (Å²) in [5.74, 6) is 0.520. The second-order valence-electron chi connectivity index (χ2n) is 7.14. The number of piperazine rings is 1. The van der Waals surface area contributed by atoms with E-state index in [1.54, 1.807) is 6.20 Å². The number of nitrogens with zero attached hydrogens (tertiary/aromatic N) is 4. The number of methoxy groups -OCH3 is 1. The van der Waals surface area contributed by atoms with Crippen molar-refractivity contribution in [3.8, 4) is 0 Å². The first-order valence-corrected chi connectivity index (χ1v) is 9.67. The number of carbonyl (C=O) groups excluding carboxylic acids is 2. The Bertz CT molecular complexity index is 620. The molecular weight excluding hydrogens is 346 g/mol. The van der Waals surface area contributed by atoms with E-state index >= 15 is 0 Å². The highest BCUT2D eigenvalue weighted by molar-refractivity contribution is 5.86. The third kappa shape index (κ3) is 5.55. The predicted molar refractivity (Wildman–Crippen MR) is 104 cm³/mol. The van der Waals surface area contributed by atoms with E-state index in [4.69, 9.17) is 0 Å². The summed E-state index contributed by atoms with van der Waals surface area (Å²) in [7, 11) is 1.32. The Labute approximate surface area is 161 Å². The first-order chi connectivity index (χ1) is 13.0. The van der Waals surface area contributed by atoms with Gasteiger partial charge in [-0.1, -0.05) is 33.6 Å². The molecule has 2 amide bonds. The second-order valence-corrected chi connectivity index (χ2v) is 7.14. The number of rotatable bonds is 7. The molecule has 1 unspecified atom stereocenters. The molecule has 1 aromatic rings. The van der Waals surface area contributed by atoms with Gasteiger partial charge in [0.1, 0.15) is 5.82 Å². The Kier molecular flexibility index (Phi) is 7.82. The quantitative estimate of drug-likeness (QED) is 0.579. The Balaban J connectivity index is 2.00. The summed E-state index contributed by atoms with van der Waals surface area (Å²) in [6.45, 7) is 9.11. The Hall–Kier alpha value is -2.38. The fourth-order valence-corrected chi connectivity index (χ4v) is 3.21. The zero-order valence-electron chi connectivity index (χ0n) is 16.8. The van der Waals surface area contributed by atoms with Crippen LogP contribution in [-0.2, 0) is 4.74 Å². The van der Waals surface area contributed by atoms with E-state index in [-0.39, 0.29) is 17.8 Å². The van der Waals surface area contributed by atoms with Gasteiger partial charge in [0, 0.05) is 26.2 Å². The predicted octanol–water partition coefficient (Wildman–Crippen LogP) is 2.31. The molecule has 0 spiro atoms. The summed E-state index contributed by atoms with van der Waals surface area (Å²) in [6, 6.07) is 0.101. The molecule has 0 saturated carbocycles. The van der Waals surface area contributed by atoms with E-state index < -0.39 is 5.97 Å². The smallest absolute Gasteiger partial charge is 0.358 e. The number of amides is 2. The first kappa shape index (κ1) is 20.9. The van der Waals surface area contributed by atoms with Crippen LogP contribution in [0.3, 0.4) is 0 Å². The molecule has 1 aromatic heterocycles. The van der Waals surface area contributed by atoms with E-state index in [1.807, 2.05) is 4.90 Å². The molecule has 2 heterocycles. The summed E-state index contributed by atoms with van der Waals surface area (Å²) < 4.78 is 4.65. The maximum atomic E-state index is 12.6. The zero-order valence-corrected chi connectivity index (χ0v) is 16.8. The monoisotopic (exact) mass is 377 g/mol. The van der Waals surface area contributed by atoms with Crippen molar-refractivity contribution in [2.75, 3.05) is 38.2 Å². The number of esters is 1. The number of hydrogen-bond donors (Lipinski definition) is 1. The van der Waals surface area contributed by atoms with E-state index in [0.29, 0.717) is 31.4 Å². The minimum Gasteiger partial charge on any atom is -0.464 e. The maximum Gasteiger partial charge on any atom is 0.358 e. The average molecular weight is 377 g/mol. The van der Waals surface area contributed by atoms with Crippen molar-refractivity contribution >= 4 is 17.8 Å². The maximum absolute atomic E-state index is 12.6. The van der Waals surface area contributed by atoms with Gasteiger partial charge in [-0.3, -0.25) is 0 Å². The van der Waals surface area contributed by atoms with Gasteiger partial charge >= 0.3 is 12.0 Å². The summed E-state index contributed by atoms with van der Waals surface area (Å²) in [4.78, 5) is 36.6. The molecule has 2 rings (SSSR count). The Morgan fingerprint density at radius 3 is 2.63 bits per heavy atom. The van der Waals surface area contributed by atoms with Gasteiger partial charge in [0.25, 0.3) is 0 Å². The SMILES string of the molecule is CCCCCNC(=O)N1CCN(c2cnc(C(=O)OC)cn2)CC1C(C)C. The minimum atomic E-state index is -0.501. The van der Waals surface area contributed by atoms with E-state index in [0.717, 1.165) is 25.8 Å². The van der Waals surface area contributed by atoms with Crippen LogP contribution in [0.5, 0.6) is 0 Å². The summed E-state index contributed by atoms with van der Waals surface area (Å²) >= 11 is 0. The van der Waals surface area contributed by atoms with Crippen molar-refractivity contribution < 1.29 is 14.3 Å². The highest BCUT2D eigenvalue weighted by atomic mass is 16.5. The van der Waals surface area contributed by atoms with Gasteiger partial charge in [0.2, 0.25) is 0 Å². The molecule has 1 saturated heterocycles. The number of unbranched alkanes of at least 4 members (excludes halogenated alkanes) is 2. The molecule has 0 aromatic carbocycles. The number of hydrogen-bond acceptors (Lipinski definition) is 6. The fraction of sp³-hybridized carbons (Fsp3) is 0.684. The largest absolute Gasteiger partial charge is 0.464 e. The van der Waals surface area contributed by atoms with Gasteiger partial charge in [-0.2, -0.15) is 0 Å². The lowest BCUT2D eigenvalue weighted by Crippen LogP contribution is -2.59. The number of aromatic nitrogens is 2. The molecule has 0 aliphatic carbocycles. The molecule has 0 radical (unpaired) electrons. The van der Waals surface area contributed by atoms with Gasteiger partial charge in [0.15, 0.2) is 5.69 Å². The van der Waals surface area contributed by atoms with Crippen LogP contribution < -0.4 is 10.2 Å². The van der Waals surface area contributed by atoms with Crippen LogP contribution in [0.1, 0.15) is 50.5 Å². The molecule has 1 atom stereocenters. The van der Waals surface area contributed by atoms with E-state index in [2.05, 4.69) is 45.7 Å². The molecule has 1 aliphatic heterocycles. The van der Waals surface area contributed by atoms with Gasteiger partial charge in [0.05, 0.1) is 25.5 Å². The molecule has 1 aliphatic rings. The van der Waals surface area contributed by atoms with Gasteiger partial charge in [-0.25, -0.2) is 19.6 Å². The van der Waals surface area contributed by atoms with Crippen molar-refractivity contribution in [2.45, 2.75) is 46.1 Å². The van der Waals surface area contributed by atoms with Crippen LogP contribution >= 0.6 is 0 Å². The zero-order chi connectivity index (χ0) is 19.8. The van der Waals surface area contributed by atoms with E-state index in [9.17, 15) is 9.59 Å². The van der Waals surface area contributed by atoms with Crippen molar-refractivity contribution in [1.82, 2.24) is 20.2 Å². The van der Waals surface area contributed by atoms with Crippen LogP contribution in [0, 0.1) is 5.92 Å². The number of carbonyl (C=O) groups is 2. The van der Waals surface area contributed by atoms with Gasteiger partial charge < -0.3 is 19.9 Å². The number of anilines is 1. The second kappa shape index (κ2) is 10.1. The molecule has 1 N–H and O–H groups in total. The molecule has 8 nitrogen and oxygen atoms in total. The summed E-state index contributed by atoms with van der Waals surface area (Å²) in [5, 5.41) is 3.04.